The van der Waals surface area contributed by atoms with Crippen molar-refractivity contribution in [3.63, 3.8) is 0 Å². The molecular formula is C36H22N2O2. The van der Waals surface area contributed by atoms with E-state index in [0.29, 0.717) is 5.78 Å². The number of rotatable bonds is 4. The Labute approximate surface area is 230 Å². The van der Waals surface area contributed by atoms with Gasteiger partial charge in [-0.3, -0.25) is 0 Å². The zero-order chi connectivity index (χ0) is 26.5. The van der Waals surface area contributed by atoms with Crippen molar-refractivity contribution in [2.75, 3.05) is 0 Å². The van der Waals surface area contributed by atoms with Gasteiger partial charge in [0.2, 0.25) is 0 Å². The fourth-order valence-corrected chi connectivity index (χ4v) is 5.36. The molecule has 4 heterocycles. The summed E-state index contributed by atoms with van der Waals surface area (Å²) in [5.41, 5.74) is 9.42. The van der Waals surface area contributed by atoms with Gasteiger partial charge in [0.15, 0.2) is 0 Å². The Hall–Kier alpha value is -5.48. The van der Waals surface area contributed by atoms with Gasteiger partial charge in [0, 0.05) is 33.0 Å². The third-order valence-electron chi connectivity index (χ3n) is 7.34. The van der Waals surface area contributed by atoms with Crippen molar-refractivity contribution in [3.8, 4) is 45.0 Å². The van der Waals surface area contributed by atoms with E-state index in [1.165, 1.54) is 0 Å². The van der Waals surface area contributed by atoms with Gasteiger partial charge in [-0.25, -0.2) is 9.97 Å². The van der Waals surface area contributed by atoms with Crippen LogP contribution in [0.5, 0.6) is 0 Å². The van der Waals surface area contributed by atoms with E-state index >= 15 is 0 Å². The summed E-state index contributed by atoms with van der Waals surface area (Å²) in [6.07, 6.45) is 0. The molecule has 0 spiro atoms. The second kappa shape index (κ2) is 9.07. The molecule has 0 saturated carbocycles. The molecule has 4 heteroatoms. The molecule has 0 fully saturated rings. The van der Waals surface area contributed by atoms with Gasteiger partial charge >= 0.3 is 0 Å². The fourth-order valence-electron chi connectivity index (χ4n) is 5.36. The molecule has 4 aromatic carbocycles. The summed E-state index contributed by atoms with van der Waals surface area (Å²) in [7, 11) is 0. The van der Waals surface area contributed by atoms with Crippen molar-refractivity contribution < 1.29 is 8.83 Å². The van der Waals surface area contributed by atoms with Gasteiger partial charge in [0.25, 0.3) is 5.78 Å². The molecule has 0 bridgehead atoms. The lowest BCUT2D eigenvalue weighted by Gasteiger charge is -2.06. The number of hydrogen-bond donors (Lipinski definition) is 0. The van der Waals surface area contributed by atoms with Gasteiger partial charge in [-0.05, 0) is 48.5 Å². The van der Waals surface area contributed by atoms with Gasteiger partial charge < -0.3 is 8.83 Å². The third kappa shape index (κ3) is 3.77. The lowest BCUT2D eigenvalue weighted by molar-refractivity contribution is 0.524. The van der Waals surface area contributed by atoms with E-state index in [4.69, 9.17) is 18.8 Å². The normalized spacial score (nSPS) is 11.5. The molecule has 188 valence electrons. The highest BCUT2D eigenvalue weighted by Gasteiger charge is 2.17. The van der Waals surface area contributed by atoms with E-state index in [0.717, 1.165) is 72.4 Å². The van der Waals surface area contributed by atoms with E-state index in [1.807, 2.05) is 84.9 Å². The highest BCUT2D eigenvalue weighted by Crippen LogP contribution is 2.39. The third-order valence-corrected chi connectivity index (χ3v) is 7.34. The molecular weight excluding hydrogens is 492 g/mol. The molecule has 0 unspecified atom stereocenters. The minimum Gasteiger partial charge on any atom is -0.425 e. The van der Waals surface area contributed by atoms with E-state index in [1.54, 1.807) is 0 Å². The monoisotopic (exact) mass is 514 g/mol. The quantitative estimate of drug-likeness (QED) is 0.234. The van der Waals surface area contributed by atoms with Gasteiger partial charge in [-0.2, -0.15) is 0 Å². The summed E-state index contributed by atoms with van der Waals surface area (Å²) in [4.78, 5) is 9.81. The lowest BCUT2D eigenvalue weighted by Crippen LogP contribution is -1.87. The molecule has 8 rings (SSSR count). The number of nitrogens with zero attached hydrogens (tertiary/aromatic N) is 2. The van der Waals surface area contributed by atoms with Crippen LogP contribution in [0, 0.1) is 0 Å². The standard InChI is InChI=1S/C36H22N2O2/c1-3-9-23(10-4-1)29-13-7-15-31(37-29)25-17-19-27-33(21-25)39-36-35(27)28-20-18-26(22-34(28)40-36)32-16-8-14-30(38-32)24-11-5-2-6-12-24/h1-22H. The van der Waals surface area contributed by atoms with Crippen molar-refractivity contribution in [3.05, 3.63) is 133 Å². The number of pyridine rings is 2. The summed E-state index contributed by atoms with van der Waals surface area (Å²) >= 11 is 0. The van der Waals surface area contributed by atoms with E-state index in [9.17, 15) is 0 Å². The maximum Gasteiger partial charge on any atom is 0.299 e. The van der Waals surface area contributed by atoms with Crippen molar-refractivity contribution in [2.24, 2.45) is 0 Å². The Morgan fingerprint density at radius 2 is 0.800 bits per heavy atom. The first kappa shape index (κ1) is 22.5. The summed E-state index contributed by atoms with van der Waals surface area (Å²) < 4.78 is 12.5. The number of furan rings is 2. The maximum atomic E-state index is 6.23. The second-order valence-corrected chi connectivity index (χ2v) is 9.84. The zero-order valence-corrected chi connectivity index (χ0v) is 21.4. The van der Waals surface area contributed by atoms with Gasteiger partial charge in [0.1, 0.15) is 11.2 Å². The van der Waals surface area contributed by atoms with E-state index in [2.05, 4.69) is 48.5 Å². The second-order valence-electron chi connectivity index (χ2n) is 9.84. The van der Waals surface area contributed by atoms with E-state index < -0.39 is 0 Å². The highest BCUT2D eigenvalue weighted by molar-refractivity contribution is 6.18. The van der Waals surface area contributed by atoms with Gasteiger partial charge in [-0.1, -0.05) is 84.9 Å². The highest BCUT2D eigenvalue weighted by atomic mass is 16.5. The van der Waals surface area contributed by atoms with Crippen LogP contribution in [-0.2, 0) is 0 Å². The molecule has 4 nitrogen and oxygen atoms in total. The van der Waals surface area contributed by atoms with Crippen LogP contribution in [0.1, 0.15) is 0 Å². The molecule has 0 amide bonds. The molecule has 0 radical (unpaired) electrons. The summed E-state index contributed by atoms with van der Waals surface area (Å²) in [6.45, 7) is 0. The van der Waals surface area contributed by atoms with Crippen molar-refractivity contribution in [1.82, 2.24) is 9.97 Å². The molecule has 0 aliphatic heterocycles. The molecule has 0 aliphatic rings. The molecule has 0 saturated heterocycles. The number of hydrogen-bond acceptors (Lipinski definition) is 4. The molecule has 40 heavy (non-hydrogen) atoms. The predicted octanol–water partition coefficient (Wildman–Crippen LogP) is 9.79. The molecule has 4 aromatic heterocycles. The number of benzene rings is 4. The van der Waals surface area contributed by atoms with Gasteiger partial charge in [-0.15, -0.1) is 0 Å². The van der Waals surface area contributed by atoms with Crippen molar-refractivity contribution in [1.29, 1.82) is 0 Å². The smallest absolute Gasteiger partial charge is 0.299 e. The predicted molar refractivity (Wildman–Crippen MR) is 161 cm³/mol. The Kier molecular flexibility index (Phi) is 5.10. The number of aromatic nitrogens is 2. The summed E-state index contributed by atoms with van der Waals surface area (Å²) in [6, 6.07) is 45.1. The van der Waals surface area contributed by atoms with Gasteiger partial charge in [0.05, 0.1) is 28.2 Å². The molecule has 8 aromatic rings. The van der Waals surface area contributed by atoms with Crippen LogP contribution in [-0.4, -0.2) is 9.97 Å². The maximum absolute atomic E-state index is 6.23. The summed E-state index contributed by atoms with van der Waals surface area (Å²) in [5, 5.41) is 3.03. The lowest BCUT2D eigenvalue weighted by atomic mass is 10.0. The van der Waals surface area contributed by atoms with Crippen LogP contribution in [0.2, 0.25) is 0 Å². The first-order valence-electron chi connectivity index (χ1n) is 13.2. The Morgan fingerprint density at radius 3 is 1.25 bits per heavy atom. The van der Waals surface area contributed by atoms with Crippen LogP contribution in [0.3, 0.4) is 0 Å². The summed E-state index contributed by atoms with van der Waals surface area (Å²) in [5.74, 6) is 0.524. The first-order valence-corrected chi connectivity index (χ1v) is 13.2. The first-order chi connectivity index (χ1) is 19.8. The molecule has 0 N–H and O–H groups in total. The fraction of sp³-hybridized carbons (Fsp3) is 0. The zero-order valence-electron chi connectivity index (χ0n) is 21.4. The van der Waals surface area contributed by atoms with Crippen molar-refractivity contribution >= 4 is 33.1 Å². The minimum atomic E-state index is 0.524. The SMILES string of the molecule is c1ccc(-c2cccc(-c3ccc4c(c3)oc3oc5cc(-c6cccc(-c7ccccc7)n6)ccc5c34)n2)cc1. The average Bonchev–Trinajstić information content (AvgIpc) is 3.57. The molecule has 0 aliphatic carbocycles. The van der Waals surface area contributed by atoms with Crippen LogP contribution < -0.4 is 0 Å². The topological polar surface area (TPSA) is 52.1 Å². The largest absolute Gasteiger partial charge is 0.425 e. The molecule has 0 atom stereocenters. The average molecular weight is 515 g/mol. The Morgan fingerprint density at radius 1 is 0.375 bits per heavy atom. The van der Waals surface area contributed by atoms with Crippen LogP contribution >= 0.6 is 0 Å². The van der Waals surface area contributed by atoms with E-state index in [-0.39, 0.29) is 0 Å². The minimum absolute atomic E-state index is 0.524. The Bertz CT molecular complexity index is 2010. The van der Waals surface area contributed by atoms with Crippen molar-refractivity contribution in [2.45, 2.75) is 0 Å². The van der Waals surface area contributed by atoms with Crippen LogP contribution in [0.25, 0.3) is 78.1 Å². The van der Waals surface area contributed by atoms with Crippen LogP contribution in [0.15, 0.2) is 142 Å². The van der Waals surface area contributed by atoms with Crippen LogP contribution in [0.4, 0.5) is 0 Å². The number of fused-ring (bicyclic) bond motifs is 5. The Balaban J connectivity index is 1.18.